The van der Waals surface area contributed by atoms with Crippen LogP contribution in [0.4, 0.5) is 0 Å². The number of ether oxygens (including phenoxy) is 2. The van der Waals surface area contributed by atoms with Crippen molar-refractivity contribution in [3.63, 3.8) is 0 Å². The molecule has 20 heavy (non-hydrogen) atoms. The van der Waals surface area contributed by atoms with Crippen LogP contribution in [0.5, 0.6) is 11.5 Å². The van der Waals surface area contributed by atoms with Crippen molar-refractivity contribution in [2.75, 3.05) is 13.7 Å². The highest BCUT2D eigenvalue weighted by molar-refractivity contribution is 5.85. The first-order chi connectivity index (χ1) is 9.56. The number of amides is 1. The van der Waals surface area contributed by atoms with E-state index >= 15 is 0 Å². The summed E-state index contributed by atoms with van der Waals surface area (Å²) >= 11 is 0. The molecular formula is C15H22N2O3. The van der Waals surface area contributed by atoms with Crippen LogP contribution in [0.2, 0.25) is 0 Å². The standard InChI is InChI=1S/C15H22N2O3/c1-19-12-4-6-13(7-5-12)20-10-8-11-3-2-9-15(11,17)14(16)18/h4-7,11H,2-3,8-10,17H2,1H3,(H2,16,18). The minimum absolute atomic E-state index is 0.109. The van der Waals surface area contributed by atoms with Crippen molar-refractivity contribution in [2.45, 2.75) is 31.2 Å². The Bertz CT molecular complexity index is 461. The number of benzene rings is 1. The number of hydrogen-bond donors (Lipinski definition) is 2. The summed E-state index contributed by atoms with van der Waals surface area (Å²) in [6.45, 7) is 0.531. The lowest BCUT2D eigenvalue weighted by atomic mass is 9.85. The van der Waals surface area contributed by atoms with Gasteiger partial charge < -0.3 is 20.9 Å². The molecule has 2 rings (SSSR count). The van der Waals surface area contributed by atoms with Crippen LogP contribution in [0.1, 0.15) is 25.7 Å². The molecule has 0 saturated heterocycles. The van der Waals surface area contributed by atoms with E-state index in [2.05, 4.69) is 0 Å². The molecule has 5 nitrogen and oxygen atoms in total. The van der Waals surface area contributed by atoms with E-state index in [0.29, 0.717) is 13.0 Å². The Labute approximate surface area is 119 Å². The zero-order valence-corrected chi connectivity index (χ0v) is 11.8. The van der Waals surface area contributed by atoms with Gasteiger partial charge in [-0.1, -0.05) is 6.42 Å². The van der Waals surface area contributed by atoms with Crippen LogP contribution in [-0.4, -0.2) is 25.2 Å². The molecule has 110 valence electrons. The second-order valence-corrected chi connectivity index (χ2v) is 5.31. The van der Waals surface area contributed by atoms with Crippen LogP contribution in [0.25, 0.3) is 0 Å². The highest BCUT2D eigenvalue weighted by atomic mass is 16.5. The third-order valence-electron chi connectivity index (χ3n) is 4.12. The van der Waals surface area contributed by atoms with Crippen molar-refractivity contribution in [3.05, 3.63) is 24.3 Å². The van der Waals surface area contributed by atoms with Crippen molar-refractivity contribution in [2.24, 2.45) is 17.4 Å². The molecular weight excluding hydrogens is 256 g/mol. The first-order valence-electron chi connectivity index (χ1n) is 6.92. The van der Waals surface area contributed by atoms with E-state index in [1.807, 2.05) is 24.3 Å². The first-order valence-corrected chi connectivity index (χ1v) is 6.92. The summed E-state index contributed by atoms with van der Waals surface area (Å²) in [6, 6.07) is 7.41. The first kappa shape index (κ1) is 14.7. The van der Waals surface area contributed by atoms with Gasteiger partial charge in [0.05, 0.1) is 19.3 Å². The topological polar surface area (TPSA) is 87.6 Å². The third-order valence-corrected chi connectivity index (χ3v) is 4.12. The molecule has 1 aliphatic rings. The second kappa shape index (κ2) is 6.13. The molecule has 0 aliphatic heterocycles. The lowest BCUT2D eigenvalue weighted by molar-refractivity contribution is -0.124. The maximum Gasteiger partial charge on any atom is 0.237 e. The van der Waals surface area contributed by atoms with Gasteiger partial charge in [0.2, 0.25) is 5.91 Å². The van der Waals surface area contributed by atoms with Gasteiger partial charge in [-0.2, -0.15) is 0 Å². The Morgan fingerprint density at radius 2 is 2.00 bits per heavy atom. The van der Waals surface area contributed by atoms with Crippen LogP contribution >= 0.6 is 0 Å². The van der Waals surface area contributed by atoms with Gasteiger partial charge in [0.15, 0.2) is 0 Å². The minimum Gasteiger partial charge on any atom is -0.497 e. The zero-order valence-electron chi connectivity index (χ0n) is 11.8. The van der Waals surface area contributed by atoms with Crippen molar-refractivity contribution in [3.8, 4) is 11.5 Å². The molecule has 1 aliphatic carbocycles. The van der Waals surface area contributed by atoms with E-state index in [0.717, 1.165) is 30.8 Å². The third kappa shape index (κ3) is 3.04. The van der Waals surface area contributed by atoms with Gasteiger partial charge >= 0.3 is 0 Å². The predicted molar refractivity (Wildman–Crippen MR) is 76.6 cm³/mol. The molecule has 0 aromatic heterocycles. The minimum atomic E-state index is -0.858. The SMILES string of the molecule is COc1ccc(OCCC2CCCC2(N)C(N)=O)cc1. The number of nitrogens with two attached hydrogens (primary N) is 2. The Morgan fingerprint density at radius 1 is 1.35 bits per heavy atom. The lowest BCUT2D eigenvalue weighted by Gasteiger charge is -2.27. The molecule has 0 radical (unpaired) electrons. The van der Waals surface area contributed by atoms with Gasteiger partial charge in [-0.15, -0.1) is 0 Å². The van der Waals surface area contributed by atoms with Crippen molar-refractivity contribution in [1.29, 1.82) is 0 Å². The van der Waals surface area contributed by atoms with Crippen LogP contribution in [0.3, 0.4) is 0 Å². The summed E-state index contributed by atoms with van der Waals surface area (Å²) in [5.74, 6) is 1.29. The summed E-state index contributed by atoms with van der Waals surface area (Å²) in [5, 5.41) is 0. The number of primary amides is 1. The number of carbonyl (C=O) groups excluding carboxylic acids is 1. The fourth-order valence-corrected chi connectivity index (χ4v) is 2.82. The quantitative estimate of drug-likeness (QED) is 0.824. The molecule has 1 fully saturated rings. The molecule has 0 bridgehead atoms. The lowest BCUT2D eigenvalue weighted by Crippen LogP contribution is -2.54. The zero-order chi connectivity index (χ0) is 14.6. The summed E-state index contributed by atoms with van der Waals surface area (Å²) < 4.78 is 10.8. The van der Waals surface area contributed by atoms with Gasteiger partial charge in [-0.25, -0.2) is 0 Å². The molecule has 4 N–H and O–H groups in total. The molecule has 5 heteroatoms. The number of carbonyl (C=O) groups is 1. The monoisotopic (exact) mass is 278 g/mol. The van der Waals surface area contributed by atoms with Crippen LogP contribution in [-0.2, 0) is 4.79 Å². The van der Waals surface area contributed by atoms with Gasteiger partial charge in [0, 0.05) is 0 Å². The van der Waals surface area contributed by atoms with E-state index in [1.165, 1.54) is 0 Å². The van der Waals surface area contributed by atoms with E-state index in [9.17, 15) is 4.79 Å². The van der Waals surface area contributed by atoms with E-state index in [1.54, 1.807) is 7.11 Å². The highest BCUT2D eigenvalue weighted by Gasteiger charge is 2.43. The van der Waals surface area contributed by atoms with Crippen LogP contribution in [0.15, 0.2) is 24.3 Å². The normalized spacial score (nSPS) is 25.4. The van der Waals surface area contributed by atoms with Crippen molar-refractivity contribution >= 4 is 5.91 Å². The summed E-state index contributed by atoms with van der Waals surface area (Å²) in [4.78, 5) is 11.5. The Balaban J connectivity index is 1.84. The van der Waals surface area contributed by atoms with Crippen molar-refractivity contribution < 1.29 is 14.3 Å². The molecule has 0 heterocycles. The highest BCUT2D eigenvalue weighted by Crippen LogP contribution is 2.35. The molecule has 1 aromatic carbocycles. The van der Waals surface area contributed by atoms with Gasteiger partial charge in [0.25, 0.3) is 0 Å². The Hall–Kier alpha value is -1.75. The fraction of sp³-hybridized carbons (Fsp3) is 0.533. The summed E-state index contributed by atoms with van der Waals surface area (Å²) in [7, 11) is 1.63. The van der Waals surface area contributed by atoms with Crippen molar-refractivity contribution in [1.82, 2.24) is 0 Å². The van der Waals surface area contributed by atoms with Crippen LogP contribution < -0.4 is 20.9 Å². The van der Waals surface area contributed by atoms with Gasteiger partial charge in [-0.05, 0) is 49.4 Å². The average Bonchev–Trinajstić information content (AvgIpc) is 2.82. The predicted octanol–water partition coefficient (Wildman–Crippen LogP) is 1.45. The van der Waals surface area contributed by atoms with E-state index < -0.39 is 11.4 Å². The van der Waals surface area contributed by atoms with E-state index in [4.69, 9.17) is 20.9 Å². The number of rotatable bonds is 6. The summed E-state index contributed by atoms with van der Waals surface area (Å²) in [6.07, 6.45) is 3.30. The number of methoxy groups -OCH3 is 1. The molecule has 1 aromatic rings. The maximum absolute atomic E-state index is 11.5. The second-order valence-electron chi connectivity index (χ2n) is 5.31. The van der Waals surface area contributed by atoms with E-state index in [-0.39, 0.29) is 5.92 Å². The smallest absolute Gasteiger partial charge is 0.237 e. The maximum atomic E-state index is 11.5. The summed E-state index contributed by atoms with van der Waals surface area (Å²) in [5.41, 5.74) is 10.7. The Kier molecular flexibility index (Phi) is 4.49. The molecule has 2 unspecified atom stereocenters. The molecule has 1 saturated carbocycles. The molecule has 0 spiro atoms. The fourth-order valence-electron chi connectivity index (χ4n) is 2.82. The van der Waals surface area contributed by atoms with Gasteiger partial charge in [0.1, 0.15) is 11.5 Å². The number of hydrogen-bond acceptors (Lipinski definition) is 4. The largest absolute Gasteiger partial charge is 0.497 e. The average molecular weight is 278 g/mol. The van der Waals surface area contributed by atoms with Crippen LogP contribution in [0, 0.1) is 5.92 Å². The molecule has 1 amide bonds. The molecule has 2 atom stereocenters. The van der Waals surface area contributed by atoms with Gasteiger partial charge in [-0.3, -0.25) is 4.79 Å². The Morgan fingerprint density at radius 3 is 2.60 bits per heavy atom.